The van der Waals surface area contributed by atoms with E-state index in [1.165, 1.54) is 12.1 Å². The van der Waals surface area contributed by atoms with Gasteiger partial charge in [-0.1, -0.05) is 19.1 Å². The van der Waals surface area contributed by atoms with Gasteiger partial charge in [0.05, 0.1) is 17.7 Å². The Morgan fingerprint density at radius 1 is 0.947 bits per heavy atom. The van der Waals surface area contributed by atoms with E-state index in [9.17, 15) is 35.5 Å². The molecule has 0 spiro atoms. The van der Waals surface area contributed by atoms with Crippen molar-refractivity contribution < 1.29 is 40.3 Å². The number of nitrogens with zero attached hydrogens (tertiary/aromatic N) is 1. The van der Waals surface area contributed by atoms with Gasteiger partial charge in [0.15, 0.2) is 0 Å². The molecule has 210 valence electrons. The van der Waals surface area contributed by atoms with Crippen LogP contribution in [0.15, 0.2) is 42.5 Å². The Hall–Kier alpha value is -2.66. The van der Waals surface area contributed by atoms with Gasteiger partial charge < -0.3 is 15.0 Å². The van der Waals surface area contributed by atoms with Crippen molar-refractivity contribution in [3.8, 4) is 0 Å². The molecule has 2 aromatic carbocycles. The second-order valence-electron chi connectivity index (χ2n) is 9.90. The molecule has 38 heavy (non-hydrogen) atoms. The highest BCUT2D eigenvalue weighted by molar-refractivity contribution is 5.77. The number of piperidine rings is 1. The lowest BCUT2D eigenvalue weighted by Gasteiger charge is -2.43. The summed E-state index contributed by atoms with van der Waals surface area (Å²) < 4.78 is 97.9. The molecule has 0 radical (unpaired) electrons. The van der Waals surface area contributed by atoms with Crippen LogP contribution in [0, 0.1) is 11.7 Å². The molecule has 1 amide bonds. The van der Waals surface area contributed by atoms with E-state index in [1.54, 1.807) is 19.2 Å². The highest BCUT2D eigenvalue weighted by atomic mass is 19.4. The SMILES string of the molecule is COCCN1CCC(C(C)(CC(=O)NCc2cc(C(F)(F)F)cc(C(F)(F)F)c2)c2ccc(F)cc2)CC1. The smallest absolute Gasteiger partial charge is 0.383 e. The number of nitrogens with one attached hydrogen (secondary N) is 1. The summed E-state index contributed by atoms with van der Waals surface area (Å²) >= 11 is 0. The Kier molecular flexibility index (Phi) is 9.46. The first-order valence-corrected chi connectivity index (χ1v) is 12.2. The first-order valence-electron chi connectivity index (χ1n) is 12.2. The predicted molar refractivity (Wildman–Crippen MR) is 128 cm³/mol. The molecule has 1 atom stereocenters. The van der Waals surface area contributed by atoms with Crippen molar-refractivity contribution in [2.75, 3.05) is 33.4 Å². The monoisotopic (exact) mass is 548 g/mol. The van der Waals surface area contributed by atoms with E-state index in [-0.39, 0.29) is 24.0 Å². The fraction of sp³-hybridized carbons (Fsp3) is 0.519. The summed E-state index contributed by atoms with van der Waals surface area (Å²) in [6.07, 6.45) is -8.49. The number of methoxy groups -OCH3 is 1. The summed E-state index contributed by atoms with van der Waals surface area (Å²) in [6, 6.07) is 7.09. The molecule has 1 aliphatic heterocycles. The molecule has 2 aromatic rings. The standard InChI is InChI=1S/C27H31F7N2O2/c1-25(19-3-5-23(28)6-4-19,20-7-9-36(10-8-20)11-12-38-2)16-24(37)35-17-18-13-21(26(29,30)31)15-22(14-18)27(32,33)34/h3-6,13-15,20H,7-12,16-17H2,1-2H3,(H,35,37). The van der Waals surface area contributed by atoms with Crippen molar-refractivity contribution in [1.82, 2.24) is 10.2 Å². The summed E-state index contributed by atoms with van der Waals surface area (Å²) in [5.41, 5.74) is -3.17. The highest BCUT2D eigenvalue weighted by Gasteiger charge is 2.40. The lowest BCUT2D eigenvalue weighted by Crippen LogP contribution is -2.45. The normalized spacial score (nSPS) is 17.3. The number of amides is 1. The van der Waals surface area contributed by atoms with E-state index in [0.29, 0.717) is 18.7 Å². The molecule has 11 heteroatoms. The summed E-state index contributed by atoms with van der Waals surface area (Å²) in [4.78, 5) is 15.3. The Labute approximate surface area is 217 Å². The zero-order valence-corrected chi connectivity index (χ0v) is 21.2. The van der Waals surface area contributed by atoms with E-state index in [1.807, 2.05) is 6.92 Å². The molecule has 1 unspecified atom stereocenters. The molecule has 0 aliphatic carbocycles. The number of carbonyl (C=O) groups excluding carboxylic acids is 1. The lowest BCUT2D eigenvalue weighted by atomic mass is 9.66. The van der Waals surface area contributed by atoms with Crippen LogP contribution in [0.2, 0.25) is 0 Å². The van der Waals surface area contributed by atoms with Gasteiger partial charge in [-0.05, 0) is 73.3 Å². The van der Waals surface area contributed by atoms with Gasteiger partial charge in [-0.3, -0.25) is 4.79 Å². The van der Waals surface area contributed by atoms with Crippen LogP contribution < -0.4 is 5.32 Å². The summed E-state index contributed by atoms with van der Waals surface area (Å²) in [7, 11) is 1.63. The van der Waals surface area contributed by atoms with Gasteiger partial charge >= 0.3 is 12.4 Å². The molecule has 0 aromatic heterocycles. The van der Waals surface area contributed by atoms with Gasteiger partial charge in [0.25, 0.3) is 0 Å². The summed E-state index contributed by atoms with van der Waals surface area (Å²) in [5.74, 6) is -0.910. The topological polar surface area (TPSA) is 41.6 Å². The van der Waals surface area contributed by atoms with E-state index in [2.05, 4.69) is 10.2 Å². The Bertz CT molecular complexity index is 1050. The van der Waals surface area contributed by atoms with Crippen LogP contribution in [0.4, 0.5) is 30.7 Å². The number of carbonyl (C=O) groups is 1. The molecule has 1 N–H and O–H groups in total. The molecule has 1 fully saturated rings. The zero-order valence-electron chi connectivity index (χ0n) is 21.2. The van der Waals surface area contributed by atoms with Crippen molar-refractivity contribution in [2.45, 2.75) is 50.5 Å². The number of rotatable bonds is 9. The number of hydrogen-bond acceptors (Lipinski definition) is 3. The van der Waals surface area contributed by atoms with Gasteiger partial charge in [0.2, 0.25) is 5.91 Å². The lowest BCUT2D eigenvalue weighted by molar-refractivity contribution is -0.143. The number of halogens is 7. The largest absolute Gasteiger partial charge is 0.416 e. The second kappa shape index (κ2) is 12.0. The quantitative estimate of drug-likeness (QED) is 0.381. The number of alkyl halides is 6. The van der Waals surface area contributed by atoms with E-state index in [4.69, 9.17) is 4.74 Å². The molecule has 1 aliphatic rings. The third-order valence-electron chi connectivity index (χ3n) is 7.27. The number of likely N-dealkylation sites (tertiary alicyclic amines) is 1. The third kappa shape index (κ3) is 7.69. The van der Waals surface area contributed by atoms with Crippen LogP contribution in [-0.4, -0.2) is 44.2 Å². The van der Waals surface area contributed by atoms with Crippen molar-refractivity contribution in [3.63, 3.8) is 0 Å². The van der Waals surface area contributed by atoms with Crippen LogP contribution in [0.1, 0.15) is 48.4 Å². The average molecular weight is 549 g/mol. The molecular weight excluding hydrogens is 517 g/mol. The predicted octanol–water partition coefficient (Wildman–Crippen LogP) is 6.19. The summed E-state index contributed by atoms with van der Waals surface area (Å²) in [6.45, 7) is 4.30. The molecular formula is C27H31F7N2O2. The van der Waals surface area contributed by atoms with Crippen molar-refractivity contribution in [2.24, 2.45) is 5.92 Å². The minimum Gasteiger partial charge on any atom is -0.383 e. The Morgan fingerprint density at radius 2 is 1.50 bits per heavy atom. The highest BCUT2D eigenvalue weighted by Crippen LogP contribution is 2.41. The molecule has 1 heterocycles. The summed E-state index contributed by atoms with van der Waals surface area (Å²) in [5, 5.41) is 2.49. The van der Waals surface area contributed by atoms with Crippen molar-refractivity contribution >= 4 is 5.91 Å². The number of ether oxygens (including phenoxy) is 1. The maximum Gasteiger partial charge on any atom is 0.416 e. The van der Waals surface area contributed by atoms with Gasteiger partial charge in [-0.25, -0.2) is 4.39 Å². The van der Waals surface area contributed by atoms with Gasteiger partial charge in [0.1, 0.15) is 5.82 Å². The first-order chi connectivity index (χ1) is 17.7. The fourth-order valence-electron chi connectivity index (χ4n) is 5.04. The van der Waals surface area contributed by atoms with Gasteiger partial charge in [-0.15, -0.1) is 0 Å². The number of benzene rings is 2. The van der Waals surface area contributed by atoms with Crippen LogP contribution in [-0.2, 0) is 33.8 Å². The second-order valence-corrected chi connectivity index (χ2v) is 9.90. The average Bonchev–Trinajstić information content (AvgIpc) is 2.85. The van der Waals surface area contributed by atoms with Gasteiger partial charge in [-0.2, -0.15) is 26.3 Å². The third-order valence-corrected chi connectivity index (χ3v) is 7.27. The molecule has 0 saturated carbocycles. The minimum atomic E-state index is -4.97. The molecule has 4 nitrogen and oxygen atoms in total. The number of hydrogen-bond donors (Lipinski definition) is 1. The van der Waals surface area contributed by atoms with E-state index < -0.39 is 47.2 Å². The zero-order chi connectivity index (χ0) is 28.1. The van der Waals surface area contributed by atoms with Crippen molar-refractivity contribution in [1.29, 1.82) is 0 Å². The Balaban J connectivity index is 1.78. The maximum absolute atomic E-state index is 13.6. The Morgan fingerprint density at radius 3 is 2.00 bits per heavy atom. The van der Waals surface area contributed by atoms with Crippen LogP contribution in [0.5, 0.6) is 0 Å². The van der Waals surface area contributed by atoms with Gasteiger partial charge in [0, 0.05) is 32.0 Å². The van der Waals surface area contributed by atoms with Crippen LogP contribution >= 0.6 is 0 Å². The molecule has 1 saturated heterocycles. The fourth-order valence-corrected chi connectivity index (χ4v) is 5.04. The van der Waals surface area contributed by atoms with Crippen molar-refractivity contribution in [3.05, 3.63) is 70.5 Å². The van der Waals surface area contributed by atoms with Crippen LogP contribution in [0.25, 0.3) is 0 Å². The van der Waals surface area contributed by atoms with E-state index >= 15 is 0 Å². The minimum absolute atomic E-state index is 0.0443. The van der Waals surface area contributed by atoms with E-state index in [0.717, 1.165) is 38.0 Å². The first kappa shape index (κ1) is 29.9. The molecule has 0 bridgehead atoms. The van der Waals surface area contributed by atoms with Crippen LogP contribution in [0.3, 0.4) is 0 Å². The maximum atomic E-state index is 13.6. The molecule has 3 rings (SSSR count).